The van der Waals surface area contributed by atoms with Crippen LogP contribution in [0.25, 0.3) is 11.4 Å². The number of benzene rings is 1. The SMILES string of the molecule is CON(Cc1ccc(-c2noc(C(F)(F)F)n2)cc1)C(=O)C(=O)NC1CCCC1. The summed E-state index contributed by atoms with van der Waals surface area (Å²) >= 11 is 0. The molecule has 11 heteroatoms. The molecule has 1 heterocycles. The maximum absolute atomic E-state index is 12.6. The lowest BCUT2D eigenvalue weighted by molar-refractivity contribution is -0.182. The largest absolute Gasteiger partial charge is 0.471 e. The Morgan fingerprint density at radius 3 is 2.45 bits per heavy atom. The minimum atomic E-state index is -4.72. The van der Waals surface area contributed by atoms with E-state index >= 15 is 0 Å². The maximum atomic E-state index is 12.6. The molecule has 1 N–H and O–H groups in total. The predicted molar refractivity (Wildman–Crippen MR) is 92.7 cm³/mol. The van der Waals surface area contributed by atoms with Gasteiger partial charge < -0.3 is 9.84 Å². The molecule has 3 rings (SSSR count). The number of halogens is 3. The van der Waals surface area contributed by atoms with Crippen molar-refractivity contribution in [1.82, 2.24) is 20.5 Å². The first-order chi connectivity index (χ1) is 13.8. The molecular weight excluding hydrogens is 393 g/mol. The molecule has 29 heavy (non-hydrogen) atoms. The summed E-state index contributed by atoms with van der Waals surface area (Å²) in [5.74, 6) is -3.20. The molecule has 1 aliphatic carbocycles. The zero-order valence-corrected chi connectivity index (χ0v) is 15.5. The van der Waals surface area contributed by atoms with Crippen LogP contribution >= 0.6 is 0 Å². The van der Waals surface area contributed by atoms with Gasteiger partial charge >= 0.3 is 23.9 Å². The number of hydroxylamine groups is 2. The second-order valence-electron chi connectivity index (χ2n) is 6.60. The number of hydrogen-bond acceptors (Lipinski definition) is 6. The third-order valence-corrected chi connectivity index (χ3v) is 4.54. The van der Waals surface area contributed by atoms with Gasteiger partial charge in [0, 0.05) is 11.6 Å². The van der Waals surface area contributed by atoms with Crippen molar-refractivity contribution in [3.05, 3.63) is 35.7 Å². The number of aromatic nitrogens is 2. The first kappa shape index (κ1) is 20.8. The summed E-state index contributed by atoms with van der Waals surface area (Å²) in [6.45, 7) is -0.0201. The van der Waals surface area contributed by atoms with E-state index in [2.05, 4.69) is 20.0 Å². The fraction of sp³-hybridized carbons (Fsp3) is 0.444. The third kappa shape index (κ3) is 5.11. The quantitative estimate of drug-likeness (QED) is 0.599. The van der Waals surface area contributed by atoms with Gasteiger partial charge in [-0.3, -0.25) is 14.4 Å². The number of hydrogen-bond donors (Lipinski definition) is 1. The molecule has 0 spiro atoms. The lowest BCUT2D eigenvalue weighted by Crippen LogP contribution is -2.45. The molecule has 2 amide bonds. The summed E-state index contributed by atoms with van der Waals surface area (Å²) < 4.78 is 41.9. The number of amides is 2. The highest BCUT2D eigenvalue weighted by atomic mass is 19.4. The topological polar surface area (TPSA) is 97.6 Å². The van der Waals surface area contributed by atoms with Crippen molar-refractivity contribution in [3.8, 4) is 11.4 Å². The van der Waals surface area contributed by atoms with Crippen molar-refractivity contribution in [2.24, 2.45) is 0 Å². The van der Waals surface area contributed by atoms with Gasteiger partial charge in [0.25, 0.3) is 0 Å². The summed E-state index contributed by atoms with van der Waals surface area (Å²) in [6.07, 6.45) is -0.989. The van der Waals surface area contributed by atoms with Crippen LogP contribution in [0.5, 0.6) is 0 Å². The molecule has 1 aliphatic rings. The number of carbonyl (C=O) groups excluding carboxylic acids is 2. The molecular formula is C18H19F3N4O4. The Morgan fingerprint density at radius 2 is 1.90 bits per heavy atom. The van der Waals surface area contributed by atoms with Gasteiger partial charge in [0.05, 0.1) is 13.7 Å². The van der Waals surface area contributed by atoms with Crippen molar-refractivity contribution in [2.45, 2.75) is 44.4 Å². The summed E-state index contributed by atoms with van der Waals surface area (Å²) in [6, 6.07) is 6.09. The highest BCUT2D eigenvalue weighted by Crippen LogP contribution is 2.29. The Bertz CT molecular complexity index is 861. The van der Waals surface area contributed by atoms with Crippen LogP contribution in [0.3, 0.4) is 0 Å². The molecule has 0 aliphatic heterocycles. The third-order valence-electron chi connectivity index (χ3n) is 4.54. The minimum absolute atomic E-state index is 0.000916. The number of nitrogens with zero attached hydrogens (tertiary/aromatic N) is 3. The van der Waals surface area contributed by atoms with Crippen LogP contribution in [0.2, 0.25) is 0 Å². The number of alkyl halides is 3. The average molecular weight is 412 g/mol. The first-order valence-electron chi connectivity index (χ1n) is 8.94. The lowest BCUT2D eigenvalue weighted by atomic mass is 10.1. The van der Waals surface area contributed by atoms with E-state index in [1.165, 1.54) is 19.2 Å². The monoisotopic (exact) mass is 412 g/mol. The highest BCUT2D eigenvalue weighted by molar-refractivity contribution is 6.34. The minimum Gasteiger partial charge on any atom is -0.345 e. The van der Waals surface area contributed by atoms with Gasteiger partial charge in [-0.1, -0.05) is 42.3 Å². The zero-order valence-electron chi connectivity index (χ0n) is 15.5. The summed E-state index contributed by atoms with van der Waals surface area (Å²) in [5, 5.41) is 6.92. The Morgan fingerprint density at radius 1 is 1.24 bits per heavy atom. The molecule has 0 radical (unpaired) electrons. The summed E-state index contributed by atoms with van der Waals surface area (Å²) in [4.78, 5) is 32.7. The molecule has 1 aromatic heterocycles. The summed E-state index contributed by atoms with van der Waals surface area (Å²) in [7, 11) is 1.27. The van der Waals surface area contributed by atoms with Crippen LogP contribution in [-0.2, 0) is 27.1 Å². The Hall–Kier alpha value is -2.95. The summed E-state index contributed by atoms with van der Waals surface area (Å²) in [5.41, 5.74) is 0.902. The van der Waals surface area contributed by atoms with E-state index in [0.717, 1.165) is 30.7 Å². The predicted octanol–water partition coefficient (Wildman–Crippen LogP) is 2.70. The average Bonchev–Trinajstić information content (AvgIpc) is 3.37. The highest BCUT2D eigenvalue weighted by Gasteiger charge is 2.38. The van der Waals surface area contributed by atoms with Crippen molar-refractivity contribution in [3.63, 3.8) is 0 Å². The number of rotatable bonds is 5. The fourth-order valence-corrected chi connectivity index (χ4v) is 3.03. The molecule has 2 aromatic rings. The van der Waals surface area contributed by atoms with Gasteiger partial charge in [-0.15, -0.1) is 0 Å². The van der Waals surface area contributed by atoms with E-state index in [9.17, 15) is 22.8 Å². The Kier molecular flexibility index (Phi) is 6.16. The van der Waals surface area contributed by atoms with Gasteiger partial charge in [-0.25, -0.2) is 5.06 Å². The lowest BCUT2D eigenvalue weighted by Gasteiger charge is -2.20. The zero-order chi connectivity index (χ0) is 21.0. The molecule has 0 atom stereocenters. The van der Waals surface area contributed by atoms with E-state index in [1.54, 1.807) is 12.1 Å². The van der Waals surface area contributed by atoms with Gasteiger partial charge in [0.15, 0.2) is 0 Å². The van der Waals surface area contributed by atoms with Crippen molar-refractivity contribution >= 4 is 11.8 Å². The molecule has 156 valence electrons. The van der Waals surface area contributed by atoms with Gasteiger partial charge in [-0.2, -0.15) is 18.2 Å². The molecule has 0 bridgehead atoms. The standard InChI is InChI=1S/C18H19F3N4O4/c1-28-25(16(27)15(26)22-13-4-2-3-5-13)10-11-6-8-12(9-7-11)14-23-17(29-24-14)18(19,20)21/h6-9,13H,2-5,10H2,1H3,(H,22,26). The van der Waals surface area contributed by atoms with Crippen LogP contribution in [0.15, 0.2) is 28.8 Å². The van der Waals surface area contributed by atoms with E-state index in [1.807, 2.05) is 0 Å². The van der Waals surface area contributed by atoms with Gasteiger partial charge in [0.2, 0.25) is 5.82 Å². The van der Waals surface area contributed by atoms with Crippen molar-refractivity contribution in [2.75, 3.05) is 7.11 Å². The Labute approximate surface area is 164 Å². The molecule has 1 saturated carbocycles. The van der Waals surface area contributed by atoms with Gasteiger partial charge in [-0.05, 0) is 18.4 Å². The van der Waals surface area contributed by atoms with E-state index in [-0.39, 0.29) is 18.4 Å². The second kappa shape index (κ2) is 8.60. The van der Waals surface area contributed by atoms with E-state index in [0.29, 0.717) is 11.1 Å². The normalized spacial score (nSPS) is 14.8. The maximum Gasteiger partial charge on any atom is 0.471 e. The van der Waals surface area contributed by atoms with Crippen LogP contribution in [-0.4, -0.2) is 40.2 Å². The molecule has 0 saturated heterocycles. The molecule has 1 fully saturated rings. The molecule has 8 nitrogen and oxygen atoms in total. The van der Waals surface area contributed by atoms with E-state index in [4.69, 9.17) is 4.84 Å². The van der Waals surface area contributed by atoms with Gasteiger partial charge in [0.1, 0.15) is 0 Å². The molecule has 0 unspecified atom stereocenters. The van der Waals surface area contributed by atoms with Crippen molar-refractivity contribution < 1.29 is 32.1 Å². The van der Waals surface area contributed by atoms with Crippen LogP contribution < -0.4 is 5.32 Å². The second-order valence-corrected chi connectivity index (χ2v) is 6.60. The van der Waals surface area contributed by atoms with Crippen molar-refractivity contribution in [1.29, 1.82) is 0 Å². The van der Waals surface area contributed by atoms with E-state index < -0.39 is 23.9 Å². The number of carbonyl (C=O) groups is 2. The number of nitrogens with one attached hydrogen (secondary N) is 1. The molecule has 1 aromatic carbocycles. The smallest absolute Gasteiger partial charge is 0.345 e. The fourth-order valence-electron chi connectivity index (χ4n) is 3.03. The first-order valence-corrected chi connectivity index (χ1v) is 8.94. The van der Waals surface area contributed by atoms with Crippen LogP contribution in [0.4, 0.5) is 13.2 Å². The van der Waals surface area contributed by atoms with Crippen LogP contribution in [0.1, 0.15) is 37.1 Å². The van der Waals surface area contributed by atoms with Crippen LogP contribution in [0, 0.1) is 0 Å². The Balaban J connectivity index is 1.63.